The van der Waals surface area contributed by atoms with E-state index in [2.05, 4.69) is 91.9 Å². The Balaban J connectivity index is 0.00000161. The molecule has 0 aliphatic rings. The van der Waals surface area contributed by atoms with Gasteiger partial charge in [-0.15, -0.1) is 0 Å². The Kier molecular flexibility index (Phi) is 5.31. The molecule has 0 nitrogen and oxygen atoms in total. The quantitative estimate of drug-likeness (QED) is 0.628. The van der Waals surface area contributed by atoms with Crippen molar-refractivity contribution >= 4 is 23.8 Å². The summed E-state index contributed by atoms with van der Waals surface area (Å²) >= 11 is 0. The van der Waals surface area contributed by atoms with Crippen molar-refractivity contribution in [1.82, 2.24) is 0 Å². The molecule has 106 valence electrons. The number of hydrogen-bond acceptors (Lipinski definition) is 0. The van der Waals surface area contributed by atoms with E-state index < -0.39 is 7.92 Å². The number of rotatable bonds is 3. The lowest BCUT2D eigenvalue weighted by molar-refractivity contribution is 1.50. The lowest BCUT2D eigenvalue weighted by atomic mass is 10.2. The zero-order chi connectivity index (χ0) is 13.8. The molecule has 0 fully saturated rings. The minimum Gasteiger partial charge on any atom is -0.0776 e. The molecule has 0 aliphatic carbocycles. The van der Waals surface area contributed by atoms with Crippen molar-refractivity contribution in [2.75, 3.05) is 0 Å². The van der Waals surface area contributed by atoms with Crippen molar-refractivity contribution < 1.29 is 0 Å². The van der Waals surface area contributed by atoms with Crippen LogP contribution in [0.15, 0.2) is 84.9 Å². The minimum atomic E-state index is -0.462. The van der Waals surface area contributed by atoms with Gasteiger partial charge in [-0.3, -0.25) is 0 Å². The summed E-state index contributed by atoms with van der Waals surface area (Å²) in [4.78, 5) is 0. The molecule has 0 unspecified atom stereocenters. The molecule has 1 heteroatoms. The maximum Gasteiger partial charge on any atom is -0.0134 e. The van der Waals surface area contributed by atoms with E-state index in [4.69, 9.17) is 0 Å². The van der Waals surface area contributed by atoms with Gasteiger partial charge in [-0.2, -0.15) is 0 Å². The molecule has 3 rings (SSSR count). The topological polar surface area (TPSA) is 0 Å². The van der Waals surface area contributed by atoms with E-state index in [0.717, 1.165) is 0 Å². The molecule has 3 aromatic rings. The highest BCUT2D eigenvalue weighted by atomic mass is 31.1. The van der Waals surface area contributed by atoms with Crippen LogP contribution in [-0.4, -0.2) is 0 Å². The van der Waals surface area contributed by atoms with Crippen LogP contribution in [0.3, 0.4) is 0 Å². The Hall–Kier alpha value is -1.91. The summed E-state index contributed by atoms with van der Waals surface area (Å²) < 4.78 is 0. The van der Waals surface area contributed by atoms with E-state index in [1.807, 2.05) is 0 Å². The van der Waals surface area contributed by atoms with Crippen LogP contribution in [0.2, 0.25) is 0 Å². The summed E-state index contributed by atoms with van der Waals surface area (Å²) in [6.45, 7) is 2.16. The summed E-state index contributed by atoms with van der Waals surface area (Å²) in [5, 5.41) is 4.22. The Morgan fingerprint density at radius 3 is 1.52 bits per heavy atom. The second-order valence-electron chi connectivity index (χ2n) is 4.85. The summed E-state index contributed by atoms with van der Waals surface area (Å²) in [7, 11) is -0.462. The second-order valence-corrected chi connectivity index (χ2v) is 7.07. The van der Waals surface area contributed by atoms with Crippen LogP contribution in [0.5, 0.6) is 0 Å². The largest absolute Gasteiger partial charge is 0.0776 e. The fourth-order valence-electron chi connectivity index (χ4n) is 2.37. The van der Waals surface area contributed by atoms with Crippen LogP contribution >= 0.6 is 7.92 Å². The normalized spacial score (nSPS) is 10.2. The van der Waals surface area contributed by atoms with Crippen molar-refractivity contribution in [2.24, 2.45) is 0 Å². The zero-order valence-electron chi connectivity index (χ0n) is 11.5. The summed E-state index contributed by atoms with van der Waals surface area (Å²) in [6.07, 6.45) is 0. The van der Waals surface area contributed by atoms with Crippen LogP contribution < -0.4 is 15.9 Å². The molecule has 0 saturated heterocycles. The van der Waals surface area contributed by atoms with Gasteiger partial charge in [0.1, 0.15) is 0 Å². The van der Waals surface area contributed by atoms with Crippen LogP contribution in [0, 0.1) is 6.92 Å². The van der Waals surface area contributed by atoms with Crippen molar-refractivity contribution in [3.63, 3.8) is 0 Å². The minimum absolute atomic E-state index is 0. The first-order chi connectivity index (χ1) is 9.84. The van der Waals surface area contributed by atoms with E-state index >= 15 is 0 Å². The monoisotopic (exact) mass is 292 g/mol. The zero-order valence-corrected chi connectivity index (χ0v) is 12.4. The lowest BCUT2D eigenvalue weighted by Gasteiger charge is -2.19. The fourth-order valence-corrected chi connectivity index (χ4v) is 4.77. The van der Waals surface area contributed by atoms with Crippen LogP contribution in [-0.2, 0) is 0 Å². The van der Waals surface area contributed by atoms with E-state index in [1.165, 1.54) is 21.5 Å². The van der Waals surface area contributed by atoms with Gasteiger partial charge < -0.3 is 0 Å². The molecule has 0 atom stereocenters. The molecule has 3 aromatic carbocycles. The molecule has 0 aliphatic heterocycles. The van der Waals surface area contributed by atoms with Crippen molar-refractivity contribution in [2.45, 2.75) is 14.4 Å². The molecule has 21 heavy (non-hydrogen) atoms. The molecule has 0 radical (unpaired) electrons. The van der Waals surface area contributed by atoms with Gasteiger partial charge in [-0.25, -0.2) is 0 Å². The van der Waals surface area contributed by atoms with E-state index in [1.54, 1.807) is 0 Å². The first-order valence-corrected chi connectivity index (χ1v) is 8.16. The van der Waals surface area contributed by atoms with Crippen molar-refractivity contribution in [3.8, 4) is 0 Å². The average Bonchev–Trinajstić information content (AvgIpc) is 2.50. The highest BCUT2D eigenvalue weighted by molar-refractivity contribution is 7.79. The molecule has 0 aromatic heterocycles. The first kappa shape index (κ1) is 15.5. The SMILES string of the molecule is C.Cc1cccc(P(c2ccccc2)c2ccccc2)c1. The molecule has 0 saturated carbocycles. The van der Waals surface area contributed by atoms with Crippen LogP contribution in [0.4, 0.5) is 0 Å². The van der Waals surface area contributed by atoms with Crippen LogP contribution in [0.25, 0.3) is 0 Å². The van der Waals surface area contributed by atoms with Gasteiger partial charge in [0.15, 0.2) is 0 Å². The van der Waals surface area contributed by atoms with Crippen molar-refractivity contribution in [1.29, 1.82) is 0 Å². The number of hydrogen-bond donors (Lipinski definition) is 0. The highest BCUT2D eigenvalue weighted by Gasteiger charge is 2.15. The van der Waals surface area contributed by atoms with Gasteiger partial charge in [0, 0.05) is 0 Å². The number of benzene rings is 3. The number of aryl methyl sites for hydroxylation is 1. The fraction of sp³-hybridized carbons (Fsp3) is 0.100. The van der Waals surface area contributed by atoms with E-state index in [0.29, 0.717) is 0 Å². The Morgan fingerprint density at radius 1 is 0.571 bits per heavy atom. The van der Waals surface area contributed by atoms with Gasteiger partial charge in [0.05, 0.1) is 0 Å². The standard InChI is InChI=1S/C19H17P.CH4/c1-16-9-8-14-19(15-16)20(17-10-4-2-5-11-17)18-12-6-3-7-13-18;/h2-15H,1H3;1H4. The molecule has 0 heterocycles. The van der Waals surface area contributed by atoms with Gasteiger partial charge in [0.2, 0.25) is 0 Å². The predicted octanol–water partition coefficient (Wildman–Crippen LogP) is 4.39. The molecular formula is C20H21P. The highest BCUT2D eigenvalue weighted by Crippen LogP contribution is 2.32. The summed E-state index contributed by atoms with van der Waals surface area (Å²) in [5.74, 6) is 0. The molecule has 0 amide bonds. The predicted molar refractivity (Wildman–Crippen MR) is 96.6 cm³/mol. The van der Waals surface area contributed by atoms with E-state index in [9.17, 15) is 0 Å². The molecular weight excluding hydrogens is 271 g/mol. The summed E-state index contributed by atoms with van der Waals surface area (Å²) in [6, 6.07) is 30.5. The Labute approximate surface area is 129 Å². The second kappa shape index (κ2) is 7.20. The third-order valence-corrected chi connectivity index (χ3v) is 5.71. The maximum atomic E-state index is 2.31. The van der Waals surface area contributed by atoms with Gasteiger partial charge in [-0.1, -0.05) is 97.9 Å². The van der Waals surface area contributed by atoms with E-state index in [-0.39, 0.29) is 7.43 Å². The van der Waals surface area contributed by atoms with Gasteiger partial charge >= 0.3 is 0 Å². The Morgan fingerprint density at radius 2 is 1.05 bits per heavy atom. The van der Waals surface area contributed by atoms with Gasteiger partial charge in [-0.05, 0) is 30.8 Å². The molecule has 0 N–H and O–H groups in total. The van der Waals surface area contributed by atoms with Gasteiger partial charge in [0.25, 0.3) is 0 Å². The first-order valence-electron chi connectivity index (χ1n) is 6.81. The third-order valence-electron chi connectivity index (χ3n) is 3.29. The maximum absolute atomic E-state index is 2.31. The average molecular weight is 292 g/mol. The summed E-state index contributed by atoms with van der Waals surface area (Å²) in [5.41, 5.74) is 1.32. The lowest BCUT2D eigenvalue weighted by Crippen LogP contribution is -2.20. The third kappa shape index (κ3) is 3.60. The smallest absolute Gasteiger partial charge is 0.0134 e. The molecule has 0 bridgehead atoms. The van der Waals surface area contributed by atoms with Crippen molar-refractivity contribution in [3.05, 3.63) is 90.5 Å². The van der Waals surface area contributed by atoms with Crippen LogP contribution in [0.1, 0.15) is 13.0 Å². The Bertz CT molecular complexity index is 635. The molecule has 0 spiro atoms.